The Kier molecular flexibility index (Phi) is 4.84. The monoisotopic (exact) mass is 344 g/mol. The zero-order valence-electron chi connectivity index (χ0n) is 16.4. The standard InChI is InChI=1S/C21H32N2O2/c1-6-22-11-9-21(10-12-22)15-23(19(24)14-20(2,3)4)18-8-7-16(25-5)13-17(18)21/h7-8,13H,6,9-12,14-15H2,1-5H3. The first kappa shape index (κ1) is 18.2. The molecule has 2 aliphatic heterocycles. The molecule has 0 radical (unpaired) electrons. The van der Waals surface area contributed by atoms with Crippen molar-refractivity contribution >= 4 is 11.6 Å². The highest BCUT2D eigenvalue weighted by Crippen LogP contribution is 2.48. The second-order valence-electron chi connectivity index (χ2n) is 8.81. The molecule has 1 aromatic rings. The molecule has 0 bridgehead atoms. The van der Waals surface area contributed by atoms with Gasteiger partial charge in [0.05, 0.1) is 7.11 Å². The molecule has 1 aromatic carbocycles. The van der Waals surface area contributed by atoms with Crippen LogP contribution >= 0.6 is 0 Å². The fourth-order valence-corrected chi connectivity index (χ4v) is 4.27. The second-order valence-corrected chi connectivity index (χ2v) is 8.81. The van der Waals surface area contributed by atoms with Crippen molar-refractivity contribution in [3.05, 3.63) is 23.8 Å². The summed E-state index contributed by atoms with van der Waals surface area (Å²) < 4.78 is 5.48. The Balaban J connectivity index is 1.94. The van der Waals surface area contributed by atoms with Gasteiger partial charge in [-0.2, -0.15) is 0 Å². The topological polar surface area (TPSA) is 32.8 Å². The largest absolute Gasteiger partial charge is 0.497 e. The van der Waals surface area contributed by atoms with Crippen LogP contribution < -0.4 is 9.64 Å². The van der Waals surface area contributed by atoms with Crippen LogP contribution in [0, 0.1) is 5.41 Å². The van der Waals surface area contributed by atoms with Gasteiger partial charge in [-0.15, -0.1) is 0 Å². The summed E-state index contributed by atoms with van der Waals surface area (Å²) in [5.41, 5.74) is 2.50. The molecule has 1 amide bonds. The van der Waals surface area contributed by atoms with Gasteiger partial charge in [-0.1, -0.05) is 27.7 Å². The number of likely N-dealkylation sites (tertiary alicyclic amines) is 1. The van der Waals surface area contributed by atoms with Crippen molar-refractivity contribution in [1.29, 1.82) is 0 Å². The first-order chi connectivity index (χ1) is 11.8. The first-order valence-electron chi connectivity index (χ1n) is 9.49. The molecule has 0 atom stereocenters. The second kappa shape index (κ2) is 6.64. The smallest absolute Gasteiger partial charge is 0.227 e. The van der Waals surface area contributed by atoms with E-state index in [1.165, 1.54) is 5.56 Å². The summed E-state index contributed by atoms with van der Waals surface area (Å²) in [4.78, 5) is 17.6. The van der Waals surface area contributed by atoms with Crippen LogP contribution in [0.25, 0.3) is 0 Å². The van der Waals surface area contributed by atoms with Gasteiger partial charge in [-0.05, 0) is 61.7 Å². The molecule has 3 rings (SSSR count). The number of hydrogen-bond acceptors (Lipinski definition) is 3. The molecule has 25 heavy (non-hydrogen) atoms. The van der Waals surface area contributed by atoms with E-state index in [0.717, 1.165) is 50.5 Å². The van der Waals surface area contributed by atoms with E-state index in [1.54, 1.807) is 7.11 Å². The van der Waals surface area contributed by atoms with Gasteiger partial charge < -0.3 is 14.5 Å². The highest BCUT2D eigenvalue weighted by molar-refractivity contribution is 5.96. The van der Waals surface area contributed by atoms with E-state index in [-0.39, 0.29) is 16.7 Å². The molecule has 138 valence electrons. The van der Waals surface area contributed by atoms with Crippen LogP contribution in [-0.4, -0.2) is 44.1 Å². The van der Waals surface area contributed by atoms with Crippen molar-refractivity contribution < 1.29 is 9.53 Å². The van der Waals surface area contributed by atoms with Gasteiger partial charge >= 0.3 is 0 Å². The van der Waals surface area contributed by atoms with Crippen LogP contribution in [0.4, 0.5) is 5.69 Å². The highest BCUT2D eigenvalue weighted by Gasteiger charge is 2.46. The Morgan fingerprint density at radius 1 is 1.24 bits per heavy atom. The molecule has 2 heterocycles. The minimum atomic E-state index is 0.00501. The Hall–Kier alpha value is -1.55. The zero-order chi connectivity index (χ0) is 18.2. The Labute approximate surface area is 152 Å². The van der Waals surface area contributed by atoms with Crippen molar-refractivity contribution in [3.63, 3.8) is 0 Å². The molecule has 4 heteroatoms. The minimum Gasteiger partial charge on any atom is -0.497 e. The number of carbonyl (C=O) groups excluding carboxylic acids is 1. The van der Waals surface area contributed by atoms with Crippen LogP contribution in [0.1, 0.15) is 52.5 Å². The predicted octanol–water partition coefficient (Wildman–Crippen LogP) is 3.83. The number of fused-ring (bicyclic) bond motifs is 2. The Bertz CT molecular complexity index is 640. The average Bonchev–Trinajstić information content (AvgIpc) is 2.88. The molecule has 1 saturated heterocycles. The Morgan fingerprint density at radius 2 is 1.92 bits per heavy atom. The number of benzene rings is 1. The number of carbonyl (C=O) groups is 1. The lowest BCUT2D eigenvalue weighted by atomic mass is 9.74. The number of nitrogens with zero attached hydrogens (tertiary/aromatic N) is 2. The van der Waals surface area contributed by atoms with Crippen LogP contribution in [0.15, 0.2) is 18.2 Å². The quantitative estimate of drug-likeness (QED) is 0.835. The molecule has 1 spiro atoms. The fourth-order valence-electron chi connectivity index (χ4n) is 4.27. The van der Waals surface area contributed by atoms with E-state index in [9.17, 15) is 4.79 Å². The van der Waals surface area contributed by atoms with Crippen LogP contribution in [0.2, 0.25) is 0 Å². The molecular formula is C21H32N2O2. The molecule has 2 aliphatic rings. The molecule has 0 N–H and O–H groups in total. The average molecular weight is 344 g/mol. The molecule has 0 aliphatic carbocycles. The number of ether oxygens (including phenoxy) is 1. The number of anilines is 1. The normalized spacial score (nSPS) is 20.0. The summed E-state index contributed by atoms with van der Waals surface area (Å²) in [5, 5.41) is 0. The van der Waals surface area contributed by atoms with Crippen LogP contribution in [0.3, 0.4) is 0 Å². The van der Waals surface area contributed by atoms with Crippen molar-refractivity contribution in [1.82, 2.24) is 4.90 Å². The summed E-state index contributed by atoms with van der Waals surface area (Å²) in [5.74, 6) is 1.13. The van der Waals surface area contributed by atoms with Crippen molar-refractivity contribution in [3.8, 4) is 5.75 Å². The lowest BCUT2D eigenvalue weighted by Gasteiger charge is -2.39. The van der Waals surface area contributed by atoms with E-state index >= 15 is 0 Å². The third kappa shape index (κ3) is 3.55. The summed E-state index contributed by atoms with van der Waals surface area (Å²) >= 11 is 0. The maximum absolute atomic E-state index is 13.0. The van der Waals surface area contributed by atoms with Gasteiger partial charge in [0.25, 0.3) is 0 Å². The lowest BCUT2D eigenvalue weighted by molar-refractivity contribution is -0.120. The number of hydrogen-bond donors (Lipinski definition) is 0. The molecule has 0 aromatic heterocycles. The number of piperidine rings is 1. The molecule has 0 unspecified atom stereocenters. The van der Waals surface area contributed by atoms with E-state index in [1.807, 2.05) is 11.0 Å². The highest BCUT2D eigenvalue weighted by atomic mass is 16.5. The number of rotatable bonds is 3. The van der Waals surface area contributed by atoms with E-state index in [2.05, 4.69) is 44.7 Å². The number of methoxy groups -OCH3 is 1. The minimum absolute atomic E-state index is 0.00501. The van der Waals surface area contributed by atoms with E-state index in [4.69, 9.17) is 4.74 Å². The molecule has 1 fully saturated rings. The van der Waals surface area contributed by atoms with Crippen molar-refractivity contribution in [2.45, 2.75) is 52.4 Å². The fraction of sp³-hybridized carbons (Fsp3) is 0.667. The van der Waals surface area contributed by atoms with E-state index in [0.29, 0.717) is 6.42 Å². The predicted molar refractivity (Wildman–Crippen MR) is 102 cm³/mol. The van der Waals surface area contributed by atoms with Gasteiger partial charge in [0.1, 0.15) is 5.75 Å². The summed E-state index contributed by atoms with van der Waals surface area (Å²) in [6.45, 7) is 12.8. The summed E-state index contributed by atoms with van der Waals surface area (Å²) in [6, 6.07) is 6.23. The third-order valence-corrected chi connectivity index (χ3v) is 5.77. The Morgan fingerprint density at radius 3 is 2.48 bits per heavy atom. The van der Waals surface area contributed by atoms with Gasteiger partial charge in [-0.25, -0.2) is 0 Å². The third-order valence-electron chi connectivity index (χ3n) is 5.77. The zero-order valence-corrected chi connectivity index (χ0v) is 16.4. The maximum Gasteiger partial charge on any atom is 0.227 e. The molecule has 4 nitrogen and oxygen atoms in total. The summed E-state index contributed by atoms with van der Waals surface area (Å²) in [6.07, 6.45) is 2.80. The maximum atomic E-state index is 13.0. The van der Waals surface area contributed by atoms with Crippen molar-refractivity contribution in [2.75, 3.05) is 38.2 Å². The van der Waals surface area contributed by atoms with Gasteiger partial charge in [0.15, 0.2) is 0 Å². The van der Waals surface area contributed by atoms with Gasteiger partial charge in [-0.3, -0.25) is 4.79 Å². The van der Waals surface area contributed by atoms with Crippen LogP contribution in [-0.2, 0) is 10.2 Å². The van der Waals surface area contributed by atoms with Gasteiger partial charge in [0, 0.05) is 24.1 Å². The van der Waals surface area contributed by atoms with Crippen LogP contribution in [0.5, 0.6) is 5.75 Å². The van der Waals surface area contributed by atoms with E-state index < -0.39 is 0 Å². The molecule has 0 saturated carbocycles. The lowest BCUT2D eigenvalue weighted by Crippen LogP contribution is -2.46. The summed E-state index contributed by atoms with van der Waals surface area (Å²) in [7, 11) is 1.71. The SMILES string of the molecule is CCN1CCC2(CC1)CN(C(=O)CC(C)(C)C)c1ccc(OC)cc12. The molecular weight excluding hydrogens is 312 g/mol. The van der Waals surface area contributed by atoms with Gasteiger partial charge in [0.2, 0.25) is 5.91 Å². The number of amides is 1. The first-order valence-corrected chi connectivity index (χ1v) is 9.49. The van der Waals surface area contributed by atoms with Crippen molar-refractivity contribution in [2.24, 2.45) is 5.41 Å².